The normalized spacial score (nSPS) is 11.1. The van der Waals surface area contributed by atoms with Gasteiger partial charge in [0.2, 0.25) is 11.9 Å². The van der Waals surface area contributed by atoms with Crippen molar-refractivity contribution in [3.63, 3.8) is 0 Å². The number of urea groups is 1. The lowest BCUT2D eigenvalue weighted by Crippen LogP contribution is -2.22. The van der Waals surface area contributed by atoms with Gasteiger partial charge in [-0.25, -0.2) is 4.79 Å². The Morgan fingerprint density at radius 3 is 1.27 bits per heavy atom. The van der Waals surface area contributed by atoms with E-state index in [4.69, 9.17) is 22.9 Å². The minimum Gasteiger partial charge on any atom is -0.369 e. The summed E-state index contributed by atoms with van der Waals surface area (Å²) in [6.07, 6.45) is 1.30. The average molecular weight is 473 g/mol. The Hall–Kier alpha value is -4.12. The standard InChI is InChI=1S/C21H28N10O.ClH/c1-3-17(28-30-19(22)23)13-5-9-15(10-6-13)26-21(32)27-16-11-7-14(8-12-16)18(4-2)29-31-20(24)25;/h5-12H,3-4H2,1-2H3,(H4,22,23,30)(H4,24,25,31)(H2,26,27,32);1H/b28-17-,29-18+;. The average Bonchev–Trinajstić information content (AvgIpc) is 2.76. The van der Waals surface area contributed by atoms with E-state index in [1.165, 1.54) is 0 Å². The van der Waals surface area contributed by atoms with E-state index in [2.05, 4.69) is 31.0 Å². The minimum absolute atomic E-state index is 0. The van der Waals surface area contributed by atoms with Crippen molar-refractivity contribution >= 4 is 53.2 Å². The number of hydrogen-bond donors (Lipinski definition) is 6. The maximum Gasteiger partial charge on any atom is 0.323 e. The second-order valence-electron chi connectivity index (χ2n) is 6.58. The maximum atomic E-state index is 12.3. The highest BCUT2D eigenvalue weighted by atomic mass is 35.5. The molecule has 0 unspecified atom stereocenters. The lowest BCUT2D eigenvalue weighted by Gasteiger charge is -2.10. The number of carbonyl (C=O) groups excluding carboxylic acids is 1. The summed E-state index contributed by atoms with van der Waals surface area (Å²) in [6.45, 7) is 3.89. The zero-order chi connectivity index (χ0) is 23.5. The Balaban J connectivity index is 0.00000544. The molecule has 0 fully saturated rings. The minimum atomic E-state index is -0.375. The van der Waals surface area contributed by atoms with Gasteiger partial charge in [0.1, 0.15) is 0 Å². The first-order valence-electron chi connectivity index (χ1n) is 9.92. The molecule has 0 heterocycles. The van der Waals surface area contributed by atoms with Crippen LogP contribution >= 0.6 is 12.4 Å². The molecular formula is C21H29ClN10O. The Bertz CT molecular complexity index is 952. The monoisotopic (exact) mass is 472 g/mol. The van der Waals surface area contributed by atoms with Crippen molar-refractivity contribution in [2.24, 2.45) is 43.3 Å². The van der Waals surface area contributed by atoms with Gasteiger partial charge in [-0.05, 0) is 48.2 Å². The fourth-order valence-electron chi connectivity index (χ4n) is 2.69. The van der Waals surface area contributed by atoms with E-state index >= 15 is 0 Å². The van der Waals surface area contributed by atoms with Crippen LogP contribution in [0.3, 0.4) is 0 Å². The molecule has 0 spiro atoms. The molecule has 0 bridgehead atoms. The van der Waals surface area contributed by atoms with E-state index in [1.807, 2.05) is 38.1 Å². The van der Waals surface area contributed by atoms with Crippen LogP contribution in [0.5, 0.6) is 0 Å². The van der Waals surface area contributed by atoms with Crippen LogP contribution in [0.15, 0.2) is 68.9 Å². The number of benzene rings is 2. The highest BCUT2D eigenvalue weighted by Gasteiger charge is 2.07. The quantitative estimate of drug-likeness (QED) is 0.194. The van der Waals surface area contributed by atoms with Crippen molar-refractivity contribution in [3.05, 3.63) is 59.7 Å². The largest absolute Gasteiger partial charge is 0.369 e. The van der Waals surface area contributed by atoms with Gasteiger partial charge in [0.25, 0.3) is 0 Å². The van der Waals surface area contributed by atoms with Crippen LogP contribution in [0.1, 0.15) is 37.8 Å². The van der Waals surface area contributed by atoms with Crippen molar-refractivity contribution in [2.45, 2.75) is 26.7 Å². The van der Waals surface area contributed by atoms with Gasteiger partial charge < -0.3 is 33.6 Å². The number of nitrogens with zero attached hydrogens (tertiary/aromatic N) is 4. The van der Waals surface area contributed by atoms with Crippen molar-refractivity contribution in [2.75, 3.05) is 10.6 Å². The predicted molar refractivity (Wildman–Crippen MR) is 138 cm³/mol. The number of nitrogens with one attached hydrogen (secondary N) is 2. The third kappa shape index (κ3) is 8.87. The van der Waals surface area contributed by atoms with Gasteiger partial charge in [0, 0.05) is 11.4 Å². The molecule has 0 radical (unpaired) electrons. The number of amides is 2. The van der Waals surface area contributed by atoms with E-state index in [-0.39, 0.29) is 30.4 Å². The molecule has 2 rings (SSSR count). The maximum absolute atomic E-state index is 12.3. The van der Waals surface area contributed by atoms with Crippen LogP contribution in [0, 0.1) is 0 Å². The molecule has 0 saturated carbocycles. The number of carbonyl (C=O) groups is 1. The molecule has 2 aromatic carbocycles. The summed E-state index contributed by atoms with van der Waals surface area (Å²) in [6, 6.07) is 14.0. The summed E-state index contributed by atoms with van der Waals surface area (Å²) in [5.74, 6) is -0.211. The molecule has 2 amide bonds. The summed E-state index contributed by atoms with van der Waals surface area (Å²) in [7, 11) is 0. The number of hydrogen-bond acceptors (Lipinski definition) is 5. The number of anilines is 2. The topological polar surface area (TPSA) is 195 Å². The molecule has 11 nitrogen and oxygen atoms in total. The first-order valence-corrected chi connectivity index (χ1v) is 9.92. The fraction of sp³-hybridized carbons (Fsp3) is 0.190. The third-order valence-corrected chi connectivity index (χ3v) is 4.19. The van der Waals surface area contributed by atoms with Crippen LogP contribution in [0.25, 0.3) is 0 Å². The number of halogens is 1. The highest BCUT2D eigenvalue weighted by molar-refractivity contribution is 6.03. The lowest BCUT2D eigenvalue weighted by atomic mass is 10.1. The van der Waals surface area contributed by atoms with Crippen molar-refractivity contribution in [1.82, 2.24) is 0 Å². The first-order chi connectivity index (χ1) is 15.3. The zero-order valence-corrected chi connectivity index (χ0v) is 19.3. The molecule has 0 aliphatic carbocycles. The van der Waals surface area contributed by atoms with Crippen LogP contribution in [0.4, 0.5) is 16.2 Å². The second kappa shape index (κ2) is 13.3. The molecule has 33 heavy (non-hydrogen) atoms. The SMILES string of the molecule is CC/C(=N/N=C(N)N)c1ccc(NC(=O)Nc2ccc(/C(CC)=N/N=C(N)N)cc2)cc1.Cl. The second-order valence-corrected chi connectivity index (χ2v) is 6.58. The Labute approximate surface area is 198 Å². The molecule has 12 heteroatoms. The van der Waals surface area contributed by atoms with Crippen molar-refractivity contribution in [1.29, 1.82) is 0 Å². The zero-order valence-electron chi connectivity index (χ0n) is 18.4. The fourth-order valence-corrected chi connectivity index (χ4v) is 2.69. The number of nitrogens with two attached hydrogens (primary N) is 4. The molecule has 0 aliphatic rings. The molecule has 2 aromatic rings. The number of rotatable bonds is 8. The van der Waals surface area contributed by atoms with E-state index in [1.54, 1.807) is 24.3 Å². The van der Waals surface area contributed by atoms with Crippen LogP contribution in [-0.4, -0.2) is 29.4 Å². The summed E-state index contributed by atoms with van der Waals surface area (Å²) >= 11 is 0. The van der Waals surface area contributed by atoms with Crippen LogP contribution < -0.4 is 33.6 Å². The van der Waals surface area contributed by atoms with Gasteiger partial charge in [-0.1, -0.05) is 38.1 Å². The summed E-state index contributed by atoms with van der Waals surface area (Å²) < 4.78 is 0. The van der Waals surface area contributed by atoms with Crippen molar-refractivity contribution < 1.29 is 4.79 Å². The van der Waals surface area contributed by atoms with Crippen molar-refractivity contribution in [3.8, 4) is 0 Å². The summed E-state index contributed by atoms with van der Waals surface area (Å²) in [5, 5.41) is 21.0. The molecular weight excluding hydrogens is 444 g/mol. The van der Waals surface area contributed by atoms with E-state index < -0.39 is 0 Å². The van der Waals surface area contributed by atoms with Crippen LogP contribution in [-0.2, 0) is 0 Å². The van der Waals surface area contributed by atoms with Gasteiger partial charge in [0.15, 0.2) is 0 Å². The van der Waals surface area contributed by atoms with Gasteiger partial charge in [-0.3, -0.25) is 0 Å². The Kier molecular flexibility index (Phi) is 10.9. The van der Waals surface area contributed by atoms with E-state index in [9.17, 15) is 4.79 Å². The van der Waals surface area contributed by atoms with E-state index in [0.29, 0.717) is 24.2 Å². The molecule has 0 atom stereocenters. The van der Waals surface area contributed by atoms with Crippen LogP contribution in [0.2, 0.25) is 0 Å². The summed E-state index contributed by atoms with van der Waals surface area (Å²) in [5.41, 5.74) is 25.7. The van der Waals surface area contributed by atoms with E-state index in [0.717, 1.165) is 22.6 Å². The summed E-state index contributed by atoms with van der Waals surface area (Å²) in [4.78, 5) is 12.3. The van der Waals surface area contributed by atoms with Gasteiger partial charge in [0.05, 0.1) is 11.4 Å². The molecule has 0 saturated heterocycles. The van der Waals surface area contributed by atoms with Gasteiger partial charge >= 0.3 is 6.03 Å². The molecule has 176 valence electrons. The first kappa shape index (κ1) is 26.9. The van der Waals surface area contributed by atoms with Gasteiger partial charge in [-0.2, -0.15) is 10.2 Å². The smallest absolute Gasteiger partial charge is 0.323 e. The Morgan fingerprint density at radius 1 is 0.667 bits per heavy atom. The third-order valence-electron chi connectivity index (χ3n) is 4.19. The Morgan fingerprint density at radius 2 is 1.00 bits per heavy atom. The molecule has 0 aliphatic heterocycles. The highest BCUT2D eigenvalue weighted by Crippen LogP contribution is 2.15. The lowest BCUT2D eigenvalue weighted by molar-refractivity contribution is 0.262. The van der Waals surface area contributed by atoms with Gasteiger partial charge in [-0.15, -0.1) is 22.6 Å². The number of guanidine groups is 2. The molecule has 0 aromatic heterocycles. The predicted octanol–water partition coefficient (Wildman–Crippen LogP) is 2.53. The molecule has 10 N–H and O–H groups in total.